The first-order chi connectivity index (χ1) is 8.97. The summed E-state index contributed by atoms with van der Waals surface area (Å²) in [5.74, 6) is -0.541. The molecule has 0 aliphatic carbocycles. The summed E-state index contributed by atoms with van der Waals surface area (Å²) in [6, 6.07) is 3.51. The van der Waals surface area contributed by atoms with E-state index in [4.69, 9.17) is 16.7 Å². The van der Waals surface area contributed by atoms with Crippen LogP contribution in [0.25, 0.3) is 0 Å². The zero-order valence-corrected chi connectivity index (χ0v) is 12.1. The number of carboxylic acids is 1. The summed E-state index contributed by atoms with van der Waals surface area (Å²) < 4.78 is 0. The van der Waals surface area contributed by atoms with E-state index in [1.807, 2.05) is 0 Å². The normalized spacial score (nSPS) is 10.5. The van der Waals surface area contributed by atoms with E-state index in [-0.39, 0.29) is 5.56 Å². The topological polar surface area (TPSA) is 62.2 Å². The first-order valence-corrected chi connectivity index (χ1v) is 6.85. The van der Waals surface area contributed by atoms with Crippen LogP contribution in [0, 0.1) is 13.8 Å². The minimum absolute atomic E-state index is 0.0818. The van der Waals surface area contributed by atoms with E-state index in [1.165, 1.54) is 27.6 Å². The lowest BCUT2D eigenvalue weighted by Gasteiger charge is -2.06. The van der Waals surface area contributed by atoms with Crippen molar-refractivity contribution in [1.29, 1.82) is 0 Å². The van der Waals surface area contributed by atoms with Gasteiger partial charge in [-0.2, -0.15) is 0 Å². The fourth-order valence-electron chi connectivity index (χ4n) is 1.59. The smallest absolute Gasteiger partial charge is 0.337 e. The molecule has 0 unspecified atom stereocenters. The molecule has 100 valence electrons. The van der Waals surface area contributed by atoms with E-state index in [9.17, 15) is 4.79 Å². The number of nitrogens with one attached hydrogen (secondary N) is 1. The van der Waals surface area contributed by atoms with Crippen LogP contribution in [0.4, 0.5) is 5.82 Å². The van der Waals surface area contributed by atoms with Crippen LogP contribution in [0.5, 0.6) is 0 Å². The SMILES string of the molecule is Cc1cc(CNc2ncc(C(=O)O)cc2Cl)sc1C. The summed E-state index contributed by atoms with van der Waals surface area (Å²) in [7, 11) is 0. The number of thiophene rings is 1. The second-order valence-electron chi connectivity index (χ2n) is 4.17. The molecule has 2 aromatic heterocycles. The summed E-state index contributed by atoms with van der Waals surface area (Å²) >= 11 is 7.71. The molecule has 2 N–H and O–H groups in total. The predicted molar refractivity (Wildman–Crippen MR) is 77.3 cm³/mol. The second kappa shape index (κ2) is 5.59. The van der Waals surface area contributed by atoms with Crippen molar-refractivity contribution < 1.29 is 9.90 Å². The van der Waals surface area contributed by atoms with Gasteiger partial charge in [0.05, 0.1) is 17.1 Å². The maximum Gasteiger partial charge on any atom is 0.337 e. The molecule has 2 rings (SSSR count). The van der Waals surface area contributed by atoms with Gasteiger partial charge in [0.1, 0.15) is 5.82 Å². The molecule has 2 heterocycles. The number of hydrogen-bond donors (Lipinski definition) is 2. The highest BCUT2D eigenvalue weighted by atomic mass is 35.5. The van der Waals surface area contributed by atoms with Crippen molar-refractivity contribution in [3.05, 3.63) is 44.2 Å². The Labute approximate surface area is 120 Å². The van der Waals surface area contributed by atoms with E-state index in [2.05, 4.69) is 30.2 Å². The molecule has 0 aromatic carbocycles. The summed E-state index contributed by atoms with van der Waals surface area (Å²) in [6.07, 6.45) is 1.29. The lowest BCUT2D eigenvalue weighted by atomic mass is 10.3. The molecule has 6 heteroatoms. The second-order valence-corrected chi connectivity index (χ2v) is 5.91. The molecule has 0 saturated carbocycles. The van der Waals surface area contributed by atoms with E-state index >= 15 is 0 Å². The number of anilines is 1. The van der Waals surface area contributed by atoms with Gasteiger partial charge in [-0.15, -0.1) is 11.3 Å². The molecule has 0 aliphatic heterocycles. The first kappa shape index (κ1) is 13.8. The fourth-order valence-corrected chi connectivity index (χ4v) is 2.82. The van der Waals surface area contributed by atoms with E-state index in [0.29, 0.717) is 17.4 Å². The summed E-state index contributed by atoms with van der Waals surface area (Å²) in [4.78, 5) is 17.3. The van der Waals surface area contributed by atoms with Crippen LogP contribution in [-0.2, 0) is 6.54 Å². The summed E-state index contributed by atoms with van der Waals surface area (Å²) in [5, 5.41) is 12.2. The molecule has 0 fully saturated rings. The lowest BCUT2D eigenvalue weighted by Crippen LogP contribution is -2.03. The van der Waals surface area contributed by atoms with Crippen molar-refractivity contribution in [3.8, 4) is 0 Å². The van der Waals surface area contributed by atoms with Crippen molar-refractivity contribution in [2.24, 2.45) is 0 Å². The molecular weight excluding hydrogens is 284 g/mol. The highest BCUT2D eigenvalue weighted by Gasteiger charge is 2.09. The third-order valence-corrected chi connectivity index (χ3v) is 4.18. The monoisotopic (exact) mass is 296 g/mol. The molecule has 0 radical (unpaired) electrons. The molecule has 0 spiro atoms. The van der Waals surface area contributed by atoms with Crippen LogP contribution in [-0.4, -0.2) is 16.1 Å². The average molecular weight is 297 g/mol. The van der Waals surface area contributed by atoms with Gasteiger partial charge in [-0.05, 0) is 31.5 Å². The molecular formula is C13H13ClN2O2S. The third-order valence-electron chi connectivity index (χ3n) is 2.74. The largest absolute Gasteiger partial charge is 0.478 e. The molecule has 4 nitrogen and oxygen atoms in total. The quantitative estimate of drug-likeness (QED) is 0.902. The Bertz CT molecular complexity index is 606. The number of aromatic carboxylic acids is 1. The van der Waals surface area contributed by atoms with Crippen molar-refractivity contribution >= 4 is 34.7 Å². The third kappa shape index (κ3) is 3.24. The number of pyridine rings is 1. The fraction of sp³-hybridized carbons (Fsp3) is 0.231. The van der Waals surface area contributed by atoms with Crippen LogP contribution >= 0.6 is 22.9 Å². The predicted octanol–water partition coefficient (Wildman–Crippen LogP) is 3.72. The Morgan fingerprint density at radius 1 is 1.47 bits per heavy atom. The Kier molecular flexibility index (Phi) is 4.07. The van der Waals surface area contributed by atoms with Crippen molar-refractivity contribution in [2.75, 3.05) is 5.32 Å². The number of hydrogen-bond acceptors (Lipinski definition) is 4. The number of nitrogens with zero attached hydrogens (tertiary/aromatic N) is 1. The molecule has 19 heavy (non-hydrogen) atoms. The van der Waals surface area contributed by atoms with Gasteiger partial charge in [-0.25, -0.2) is 9.78 Å². The van der Waals surface area contributed by atoms with Crippen LogP contribution in [0.1, 0.15) is 25.7 Å². The maximum absolute atomic E-state index is 10.8. The standard InChI is InChI=1S/C13H13ClN2O2S/c1-7-3-10(19-8(7)2)6-16-12-11(14)4-9(5-15-12)13(17)18/h3-5H,6H2,1-2H3,(H,15,16)(H,17,18). The lowest BCUT2D eigenvalue weighted by molar-refractivity contribution is 0.0696. The minimum Gasteiger partial charge on any atom is -0.478 e. The molecule has 0 amide bonds. The number of aromatic nitrogens is 1. The van der Waals surface area contributed by atoms with Crippen molar-refractivity contribution in [2.45, 2.75) is 20.4 Å². The number of carbonyl (C=O) groups is 1. The Morgan fingerprint density at radius 3 is 2.74 bits per heavy atom. The minimum atomic E-state index is -1.04. The van der Waals surface area contributed by atoms with Gasteiger partial charge >= 0.3 is 5.97 Å². The van der Waals surface area contributed by atoms with Gasteiger partial charge < -0.3 is 10.4 Å². The summed E-state index contributed by atoms with van der Waals surface area (Å²) in [6.45, 7) is 4.77. The van der Waals surface area contributed by atoms with Crippen molar-refractivity contribution in [3.63, 3.8) is 0 Å². The van der Waals surface area contributed by atoms with E-state index in [1.54, 1.807) is 11.3 Å². The van der Waals surface area contributed by atoms with Gasteiger partial charge in [0.2, 0.25) is 0 Å². The van der Waals surface area contributed by atoms with Gasteiger partial charge in [0.15, 0.2) is 0 Å². The zero-order valence-electron chi connectivity index (χ0n) is 10.5. The number of carboxylic acid groups (broad SMARTS) is 1. The molecule has 0 atom stereocenters. The van der Waals surface area contributed by atoms with Crippen LogP contribution in [0.3, 0.4) is 0 Å². The van der Waals surface area contributed by atoms with Gasteiger partial charge in [0.25, 0.3) is 0 Å². The maximum atomic E-state index is 10.8. The first-order valence-electron chi connectivity index (χ1n) is 5.66. The Morgan fingerprint density at radius 2 is 2.21 bits per heavy atom. The van der Waals surface area contributed by atoms with Crippen LogP contribution in [0.2, 0.25) is 5.02 Å². The Balaban J connectivity index is 2.09. The molecule has 0 saturated heterocycles. The molecule has 2 aromatic rings. The van der Waals surface area contributed by atoms with E-state index in [0.717, 1.165) is 0 Å². The van der Waals surface area contributed by atoms with Gasteiger partial charge in [0, 0.05) is 16.0 Å². The average Bonchev–Trinajstić information content (AvgIpc) is 2.67. The molecule has 0 bridgehead atoms. The van der Waals surface area contributed by atoms with Gasteiger partial charge in [-0.1, -0.05) is 11.6 Å². The Hall–Kier alpha value is -1.59. The number of rotatable bonds is 4. The molecule has 0 aliphatic rings. The zero-order chi connectivity index (χ0) is 14.0. The van der Waals surface area contributed by atoms with Crippen LogP contribution < -0.4 is 5.32 Å². The van der Waals surface area contributed by atoms with Gasteiger partial charge in [-0.3, -0.25) is 0 Å². The van der Waals surface area contributed by atoms with Crippen molar-refractivity contribution in [1.82, 2.24) is 4.98 Å². The highest BCUT2D eigenvalue weighted by molar-refractivity contribution is 7.12. The number of aryl methyl sites for hydroxylation is 2. The van der Waals surface area contributed by atoms with E-state index < -0.39 is 5.97 Å². The van der Waals surface area contributed by atoms with Crippen LogP contribution in [0.15, 0.2) is 18.3 Å². The summed E-state index contributed by atoms with van der Waals surface area (Å²) in [5.41, 5.74) is 1.35. The number of halogens is 1. The highest BCUT2D eigenvalue weighted by Crippen LogP contribution is 2.24.